The Morgan fingerprint density at radius 1 is 1.12 bits per heavy atom. The van der Waals surface area contributed by atoms with Crippen LogP contribution in [-0.4, -0.2) is 29.6 Å². The Morgan fingerprint density at radius 2 is 1.83 bits per heavy atom. The number of carboxylic acids is 1. The van der Waals surface area contributed by atoms with Gasteiger partial charge in [0.25, 0.3) is 5.91 Å². The number of hydrogen-bond acceptors (Lipinski definition) is 3. The van der Waals surface area contributed by atoms with E-state index < -0.39 is 17.9 Å². The number of carboxylic acid groups (broad SMARTS) is 1. The number of carbonyl (C=O) groups is 2. The highest BCUT2D eigenvalue weighted by Gasteiger charge is 2.20. The molecule has 7 heteroatoms. The van der Waals surface area contributed by atoms with Crippen molar-refractivity contribution in [3.8, 4) is 5.75 Å². The van der Waals surface area contributed by atoms with Crippen LogP contribution in [0.15, 0.2) is 48.5 Å². The van der Waals surface area contributed by atoms with E-state index in [2.05, 4.69) is 5.32 Å². The minimum atomic E-state index is -1.11. The van der Waals surface area contributed by atoms with Crippen molar-refractivity contribution in [2.24, 2.45) is 0 Å². The zero-order chi connectivity index (χ0) is 17.5. The van der Waals surface area contributed by atoms with Gasteiger partial charge in [-0.1, -0.05) is 53.5 Å². The van der Waals surface area contributed by atoms with Crippen molar-refractivity contribution in [3.63, 3.8) is 0 Å². The second kappa shape index (κ2) is 8.57. The number of rotatable bonds is 7. The summed E-state index contributed by atoms with van der Waals surface area (Å²) in [6, 6.07) is 12.6. The second-order valence-corrected chi connectivity index (χ2v) is 5.86. The molecule has 2 N–H and O–H groups in total. The zero-order valence-corrected chi connectivity index (χ0v) is 14.1. The van der Waals surface area contributed by atoms with Crippen LogP contribution < -0.4 is 10.1 Å². The Hall–Kier alpha value is -2.24. The number of ether oxygens (including phenoxy) is 1. The molecule has 0 aliphatic rings. The average molecular weight is 368 g/mol. The van der Waals surface area contributed by atoms with Crippen molar-refractivity contribution in [2.75, 3.05) is 6.61 Å². The largest absolute Gasteiger partial charge is 0.482 e. The fourth-order valence-electron chi connectivity index (χ4n) is 2.02. The standard InChI is InChI=1S/C17H15Cl2NO4/c18-12-6-7-15(13(19)9-12)24-10-16(21)20-14(17(22)23)8-11-4-2-1-3-5-11/h1-7,9,14H,8,10H2,(H,20,21)(H,22,23)/t14-/m0/s1. The molecule has 1 atom stereocenters. The van der Waals surface area contributed by atoms with Crippen LogP contribution in [0.1, 0.15) is 5.56 Å². The summed E-state index contributed by atoms with van der Waals surface area (Å²) in [6.45, 7) is -0.347. The van der Waals surface area contributed by atoms with Gasteiger partial charge >= 0.3 is 5.97 Å². The molecule has 0 aromatic heterocycles. The smallest absolute Gasteiger partial charge is 0.326 e. The van der Waals surface area contributed by atoms with E-state index in [-0.39, 0.29) is 18.1 Å². The molecule has 0 aliphatic heterocycles. The van der Waals surface area contributed by atoms with Crippen LogP contribution >= 0.6 is 23.2 Å². The molecular weight excluding hydrogens is 353 g/mol. The van der Waals surface area contributed by atoms with Crippen LogP contribution in [0.2, 0.25) is 10.0 Å². The summed E-state index contributed by atoms with van der Waals surface area (Å²) in [5.41, 5.74) is 0.812. The topological polar surface area (TPSA) is 75.6 Å². The molecule has 2 rings (SSSR count). The molecule has 0 saturated carbocycles. The first-order valence-corrected chi connectivity index (χ1v) is 7.85. The molecule has 0 radical (unpaired) electrons. The highest BCUT2D eigenvalue weighted by Crippen LogP contribution is 2.27. The van der Waals surface area contributed by atoms with Crippen molar-refractivity contribution in [1.82, 2.24) is 5.32 Å². The summed E-state index contributed by atoms with van der Waals surface area (Å²) in [5.74, 6) is -1.37. The van der Waals surface area contributed by atoms with Gasteiger partial charge in [0.2, 0.25) is 0 Å². The maximum Gasteiger partial charge on any atom is 0.326 e. The van der Waals surface area contributed by atoms with Gasteiger partial charge in [0.05, 0.1) is 5.02 Å². The Labute approximate surface area is 149 Å². The Kier molecular flexibility index (Phi) is 6.46. The van der Waals surface area contributed by atoms with Gasteiger partial charge in [-0.25, -0.2) is 4.79 Å². The first kappa shape index (κ1) is 18.1. The number of aliphatic carboxylic acids is 1. The Morgan fingerprint density at radius 3 is 2.46 bits per heavy atom. The van der Waals surface area contributed by atoms with E-state index in [1.54, 1.807) is 18.2 Å². The molecule has 0 bridgehead atoms. The van der Waals surface area contributed by atoms with Gasteiger partial charge in [0, 0.05) is 11.4 Å². The normalized spacial score (nSPS) is 11.6. The molecule has 1 amide bonds. The SMILES string of the molecule is O=C(COc1ccc(Cl)cc1Cl)N[C@@H](Cc1ccccc1)C(=O)O. The van der Waals surface area contributed by atoms with Gasteiger partial charge in [-0.05, 0) is 23.8 Å². The fraction of sp³-hybridized carbons (Fsp3) is 0.176. The fourth-order valence-corrected chi connectivity index (χ4v) is 2.48. The lowest BCUT2D eigenvalue weighted by molar-refractivity contribution is -0.142. The van der Waals surface area contributed by atoms with Gasteiger partial charge in [-0.2, -0.15) is 0 Å². The lowest BCUT2D eigenvalue weighted by atomic mass is 10.1. The van der Waals surface area contributed by atoms with Gasteiger partial charge < -0.3 is 15.2 Å². The summed E-state index contributed by atoms with van der Waals surface area (Å²) in [7, 11) is 0. The number of amides is 1. The molecular formula is C17H15Cl2NO4. The monoisotopic (exact) mass is 367 g/mol. The van der Waals surface area contributed by atoms with Gasteiger partial charge in [0.15, 0.2) is 6.61 Å². The first-order valence-electron chi connectivity index (χ1n) is 7.09. The predicted octanol–water partition coefficient (Wildman–Crippen LogP) is 3.18. The van der Waals surface area contributed by atoms with Crippen molar-refractivity contribution in [2.45, 2.75) is 12.5 Å². The molecule has 0 fully saturated rings. The molecule has 0 unspecified atom stereocenters. The lowest BCUT2D eigenvalue weighted by Gasteiger charge is -2.15. The van der Waals surface area contributed by atoms with E-state index in [1.807, 2.05) is 18.2 Å². The molecule has 0 aliphatic carbocycles. The maximum atomic E-state index is 11.9. The summed E-state index contributed by atoms with van der Waals surface area (Å²) in [6.07, 6.45) is 0.184. The Balaban J connectivity index is 1.92. The van der Waals surface area contributed by atoms with E-state index in [1.165, 1.54) is 12.1 Å². The minimum Gasteiger partial charge on any atom is -0.482 e. The third-order valence-corrected chi connectivity index (χ3v) is 3.70. The summed E-state index contributed by atoms with van der Waals surface area (Å²) < 4.78 is 5.29. The number of carbonyl (C=O) groups excluding carboxylic acids is 1. The third-order valence-electron chi connectivity index (χ3n) is 3.17. The molecule has 0 spiro atoms. The molecule has 2 aromatic rings. The highest BCUT2D eigenvalue weighted by atomic mass is 35.5. The van der Waals surface area contributed by atoms with Crippen molar-refractivity contribution < 1.29 is 19.4 Å². The predicted molar refractivity (Wildman–Crippen MR) is 91.7 cm³/mol. The quantitative estimate of drug-likeness (QED) is 0.787. The summed E-state index contributed by atoms with van der Waals surface area (Å²) >= 11 is 11.7. The number of nitrogens with one attached hydrogen (secondary N) is 1. The van der Waals surface area contributed by atoms with Crippen LogP contribution in [0.5, 0.6) is 5.75 Å². The Bertz CT molecular complexity index is 722. The van der Waals surface area contributed by atoms with Gasteiger partial charge in [0.1, 0.15) is 11.8 Å². The van der Waals surface area contributed by atoms with Crippen LogP contribution in [-0.2, 0) is 16.0 Å². The summed E-state index contributed by atoms with van der Waals surface area (Å²) in [4.78, 5) is 23.2. The van der Waals surface area contributed by atoms with Crippen molar-refractivity contribution >= 4 is 35.1 Å². The molecule has 0 saturated heterocycles. The van der Waals surface area contributed by atoms with Crippen LogP contribution in [0.25, 0.3) is 0 Å². The van der Waals surface area contributed by atoms with Gasteiger partial charge in [-0.15, -0.1) is 0 Å². The minimum absolute atomic E-state index is 0.184. The van der Waals surface area contributed by atoms with Crippen LogP contribution in [0, 0.1) is 0 Å². The van der Waals surface area contributed by atoms with Crippen molar-refractivity contribution in [1.29, 1.82) is 0 Å². The molecule has 5 nitrogen and oxygen atoms in total. The third kappa shape index (κ3) is 5.44. The van der Waals surface area contributed by atoms with Crippen LogP contribution in [0.3, 0.4) is 0 Å². The van der Waals surface area contributed by atoms with E-state index in [4.69, 9.17) is 27.9 Å². The van der Waals surface area contributed by atoms with E-state index in [0.29, 0.717) is 10.8 Å². The second-order valence-electron chi connectivity index (χ2n) is 5.01. The average Bonchev–Trinajstić information content (AvgIpc) is 2.54. The van der Waals surface area contributed by atoms with E-state index >= 15 is 0 Å². The number of halogens is 2. The van der Waals surface area contributed by atoms with Gasteiger partial charge in [-0.3, -0.25) is 4.79 Å². The zero-order valence-electron chi connectivity index (χ0n) is 12.5. The first-order chi connectivity index (χ1) is 11.5. The molecule has 0 heterocycles. The molecule has 2 aromatic carbocycles. The molecule has 24 heavy (non-hydrogen) atoms. The van der Waals surface area contributed by atoms with Crippen molar-refractivity contribution in [3.05, 3.63) is 64.1 Å². The number of benzene rings is 2. The lowest BCUT2D eigenvalue weighted by Crippen LogP contribution is -2.44. The van der Waals surface area contributed by atoms with Crippen LogP contribution in [0.4, 0.5) is 0 Å². The van der Waals surface area contributed by atoms with E-state index in [0.717, 1.165) is 5.56 Å². The van der Waals surface area contributed by atoms with E-state index in [9.17, 15) is 14.7 Å². The molecule has 126 valence electrons. The highest BCUT2D eigenvalue weighted by molar-refractivity contribution is 6.35. The summed E-state index contributed by atoms with van der Waals surface area (Å²) in [5, 5.41) is 12.4. The maximum absolute atomic E-state index is 11.9. The number of hydrogen-bond donors (Lipinski definition) is 2.